The topological polar surface area (TPSA) is 41.6 Å². The van der Waals surface area contributed by atoms with Crippen LogP contribution in [0.2, 0.25) is 0 Å². The molecule has 0 aromatic rings. The fourth-order valence-electron chi connectivity index (χ4n) is 3.69. The fourth-order valence-corrected chi connectivity index (χ4v) is 3.69. The van der Waals surface area contributed by atoms with E-state index < -0.39 is 5.60 Å². The maximum Gasteiger partial charge on any atom is 0.410 e. The van der Waals surface area contributed by atoms with Crippen LogP contribution in [0.25, 0.3) is 0 Å². The third-order valence-corrected chi connectivity index (χ3v) is 5.68. The largest absolute Gasteiger partial charge is 0.444 e. The molecule has 2 aliphatic rings. The Morgan fingerprint density at radius 2 is 1.48 bits per heavy atom. The van der Waals surface area contributed by atoms with Crippen LogP contribution >= 0.6 is 0 Å². The van der Waals surface area contributed by atoms with Crippen LogP contribution in [-0.2, 0) is 4.74 Å². The van der Waals surface area contributed by atoms with Gasteiger partial charge < -0.3 is 15.0 Å². The van der Waals surface area contributed by atoms with Gasteiger partial charge in [0.25, 0.3) is 0 Å². The van der Waals surface area contributed by atoms with E-state index in [4.69, 9.17) is 4.74 Å². The van der Waals surface area contributed by atoms with Crippen molar-refractivity contribution in [1.29, 1.82) is 0 Å². The van der Waals surface area contributed by atoms with Crippen molar-refractivity contribution in [3.05, 3.63) is 0 Å². The molecule has 21 heavy (non-hydrogen) atoms. The maximum atomic E-state index is 12.2. The van der Waals surface area contributed by atoms with Crippen molar-refractivity contribution in [2.45, 2.75) is 65.9 Å². The van der Waals surface area contributed by atoms with Gasteiger partial charge in [0.2, 0.25) is 0 Å². The maximum absolute atomic E-state index is 12.2. The molecule has 4 nitrogen and oxygen atoms in total. The zero-order valence-corrected chi connectivity index (χ0v) is 14.4. The van der Waals surface area contributed by atoms with E-state index in [9.17, 15) is 4.79 Å². The molecule has 0 aliphatic carbocycles. The van der Waals surface area contributed by atoms with Gasteiger partial charge in [-0.3, -0.25) is 0 Å². The summed E-state index contributed by atoms with van der Waals surface area (Å²) in [6, 6.07) is 0. The minimum atomic E-state index is -0.404. The molecule has 0 radical (unpaired) electrons. The summed E-state index contributed by atoms with van der Waals surface area (Å²) in [7, 11) is 0. The normalized spacial score (nSPS) is 25.5. The number of likely N-dealkylation sites (tertiary alicyclic amines) is 1. The van der Waals surface area contributed by atoms with E-state index in [2.05, 4.69) is 19.2 Å². The quantitative estimate of drug-likeness (QED) is 0.806. The lowest BCUT2D eigenvalue weighted by Crippen LogP contribution is -2.52. The Balaban J connectivity index is 1.94. The van der Waals surface area contributed by atoms with E-state index in [0.717, 1.165) is 39.0 Å². The van der Waals surface area contributed by atoms with Crippen LogP contribution < -0.4 is 5.32 Å². The third kappa shape index (κ3) is 3.71. The second-order valence-corrected chi connectivity index (χ2v) is 8.34. The van der Waals surface area contributed by atoms with Crippen molar-refractivity contribution >= 4 is 6.09 Å². The molecule has 0 aromatic carbocycles. The van der Waals surface area contributed by atoms with Crippen molar-refractivity contribution in [3.63, 3.8) is 0 Å². The Hall–Kier alpha value is -0.770. The van der Waals surface area contributed by atoms with Crippen LogP contribution in [0, 0.1) is 10.8 Å². The number of hydrogen-bond acceptors (Lipinski definition) is 3. The summed E-state index contributed by atoms with van der Waals surface area (Å²) in [5, 5.41) is 3.46. The highest BCUT2D eigenvalue weighted by atomic mass is 16.6. The molecule has 122 valence electrons. The molecule has 0 bridgehead atoms. The molecule has 0 aromatic heterocycles. The van der Waals surface area contributed by atoms with Gasteiger partial charge in [0.1, 0.15) is 5.60 Å². The van der Waals surface area contributed by atoms with E-state index in [-0.39, 0.29) is 6.09 Å². The number of carbonyl (C=O) groups is 1. The van der Waals surface area contributed by atoms with Gasteiger partial charge >= 0.3 is 6.09 Å². The number of piperidine rings is 2. The first-order valence-corrected chi connectivity index (χ1v) is 8.34. The van der Waals surface area contributed by atoms with Gasteiger partial charge in [0.15, 0.2) is 0 Å². The Bertz CT molecular complexity index is 373. The first-order chi connectivity index (χ1) is 9.65. The average Bonchev–Trinajstić information content (AvgIpc) is 2.38. The van der Waals surface area contributed by atoms with E-state index >= 15 is 0 Å². The summed E-state index contributed by atoms with van der Waals surface area (Å²) in [6.45, 7) is 14.5. The van der Waals surface area contributed by atoms with E-state index in [1.54, 1.807) is 0 Å². The minimum Gasteiger partial charge on any atom is -0.444 e. The molecule has 2 rings (SSSR count). The molecule has 2 aliphatic heterocycles. The second-order valence-electron chi connectivity index (χ2n) is 8.34. The summed E-state index contributed by atoms with van der Waals surface area (Å²) in [5.41, 5.74) is 0.338. The smallest absolute Gasteiger partial charge is 0.410 e. The number of nitrogens with one attached hydrogen (secondary N) is 1. The van der Waals surface area contributed by atoms with Crippen LogP contribution in [0.3, 0.4) is 0 Å². The first kappa shape index (κ1) is 16.6. The van der Waals surface area contributed by atoms with E-state index in [0.29, 0.717) is 10.8 Å². The van der Waals surface area contributed by atoms with Crippen molar-refractivity contribution in [1.82, 2.24) is 10.2 Å². The molecule has 4 heteroatoms. The Labute approximate surface area is 129 Å². The summed E-state index contributed by atoms with van der Waals surface area (Å²) in [6.07, 6.45) is 4.51. The summed E-state index contributed by atoms with van der Waals surface area (Å²) >= 11 is 0. The van der Waals surface area contributed by atoms with Gasteiger partial charge in [-0.2, -0.15) is 0 Å². The number of carbonyl (C=O) groups excluding carboxylic acids is 1. The van der Waals surface area contributed by atoms with Crippen LogP contribution in [0.5, 0.6) is 0 Å². The van der Waals surface area contributed by atoms with Crippen molar-refractivity contribution in [2.75, 3.05) is 26.2 Å². The van der Waals surface area contributed by atoms with E-state index in [1.165, 1.54) is 12.8 Å². The van der Waals surface area contributed by atoms with Crippen molar-refractivity contribution in [3.8, 4) is 0 Å². The zero-order chi connectivity index (χ0) is 15.7. The highest BCUT2D eigenvalue weighted by Crippen LogP contribution is 2.51. The van der Waals surface area contributed by atoms with Gasteiger partial charge in [-0.05, 0) is 70.4 Å². The lowest BCUT2D eigenvalue weighted by molar-refractivity contribution is -0.0324. The molecule has 0 unspecified atom stereocenters. The molecule has 2 fully saturated rings. The Morgan fingerprint density at radius 3 is 1.95 bits per heavy atom. The predicted molar refractivity (Wildman–Crippen MR) is 85.4 cm³/mol. The summed E-state index contributed by atoms with van der Waals surface area (Å²) in [4.78, 5) is 14.1. The molecule has 2 saturated heterocycles. The highest BCUT2D eigenvalue weighted by molar-refractivity contribution is 5.68. The van der Waals surface area contributed by atoms with Crippen LogP contribution in [-0.4, -0.2) is 42.8 Å². The lowest BCUT2D eigenvalue weighted by Gasteiger charge is -2.53. The van der Waals surface area contributed by atoms with Gasteiger partial charge in [-0.15, -0.1) is 0 Å². The lowest BCUT2D eigenvalue weighted by atomic mass is 9.57. The predicted octanol–water partition coefficient (Wildman–Crippen LogP) is 3.41. The molecule has 1 N–H and O–H groups in total. The molecule has 0 atom stereocenters. The number of ether oxygens (including phenoxy) is 1. The van der Waals surface area contributed by atoms with Gasteiger partial charge in [-0.1, -0.05) is 13.8 Å². The molecular formula is C17H32N2O2. The first-order valence-electron chi connectivity index (χ1n) is 8.34. The van der Waals surface area contributed by atoms with Gasteiger partial charge in [-0.25, -0.2) is 4.79 Å². The van der Waals surface area contributed by atoms with Crippen LogP contribution in [0.4, 0.5) is 4.79 Å². The Kier molecular flexibility index (Phi) is 4.57. The molecular weight excluding hydrogens is 264 g/mol. The monoisotopic (exact) mass is 296 g/mol. The van der Waals surface area contributed by atoms with Crippen molar-refractivity contribution < 1.29 is 9.53 Å². The number of nitrogens with zero attached hydrogens (tertiary/aromatic N) is 1. The second kappa shape index (κ2) is 5.79. The van der Waals surface area contributed by atoms with Crippen molar-refractivity contribution in [2.24, 2.45) is 10.8 Å². The third-order valence-electron chi connectivity index (χ3n) is 5.68. The van der Waals surface area contributed by atoms with Gasteiger partial charge in [0.05, 0.1) is 0 Å². The number of rotatable bonds is 1. The van der Waals surface area contributed by atoms with Crippen LogP contribution in [0.1, 0.15) is 60.3 Å². The average molecular weight is 296 g/mol. The highest BCUT2D eigenvalue weighted by Gasteiger charge is 2.47. The molecule has 1 amide bonds. The molecule has 0 spiro atoms. The summed E-state index contributed by atoms with van der Waals surface area (Å²) in [5.74, 6) is 0. The summed E-state index contributed by atoms with van der Waals surface area (Å²) < 4.78 is 5.49. The molecule has 0 saturated carbocycles. The number of amides is 1. The van der Waals surface area contributed by atoms with Gasteiger partial charge in [0, 0.05) is 13.1 Å². The standard InChI is InChI=1S/C17H32N2O2/c1-15(2,3)21-14(20)19-12-8-17(5,9-13-19)16(4)6-10-18-11-7-16/h18H,6-13H2,1-5H3. The Morgan fingerprint density at radius 1 is 1.00 bits per heavy atom. The number of hydrogen-bond donors (Lipinski definition) is 1. The van der Waals surface area contributed by atoms with E-state index in [1.807, 2.05) is 25.7 Å². The minimum absolute atomic E-state index is 0.153. The van der Waals surface area contributed by atoms with Crippen LogP contribution in [0.15, 0.2) is 0 Å². The zero-order valence-electron chi connectivity index (χ0n) is 14.4. The SMILES string of the molecule is CC(C)(C)OC(=O)N1CCC(C)(C2(C)CCNCC2)CC1. The molecule has 2 heterocycles. The fraction of sp³-hybridized carbons (Fsp3) is 0.941.